The van der Waals surface area contributed by atoms with Crippen molar-refractivity contribution in [3.05, 3.63) is 70.8 Å². The number of carbonyl (C=O) groups is 1. The molecule has 23 heavy (non-hydrogen) atoms. The summed E-state index contributed by atoms with van der Waals surface area (Å²) >= 11 is 0. The van der Waals surface area contributed by atoms with Crippen LogP contribution in [0.25, 0.3) is 10.8 Å². The monoisotopic (exact) mass is 305 g/mol. The molecule has 0 unspecified atom stereocenters. The molecule has 3 aromatic rings. The molecule has 3 aromatic carbocycles. The average Bonchev–Trinajstić information content (AvgIpc) is 2.51. The number of rotatable bonds is 2. The van der Waals surface area contributed by atoms with E-state index in [0.717, 1.165) is 33.2 Å². The summed E-state index contributed by atoms with van der Waals surface area (Å²) in [6, 6.07) is 14.9. The van der Waals surface area contributed by atoms with Crippen molar-refractivity contribution in [2.45, 2.75) is 20.8 Å². The Kier molecular flexibility index (Phi) is 3.78. The van der Waals surface area contributed by atoms with Gasteiger partial charge in [0.2, 0.25) is 0 Å². The van der Waals surface area contributed by atoms with Crippen molar-refractivity contribution in [1.82, 2.24) is 0 Å². The third-order valence-corrected chi connectivity index (χ3v) is 4.09. The van der Waals surface area contributed by atoms with Crippen molar-refractivity contribution >= 4 is 22.4 Å². The molecule has 0 radical (unpaired) electrons. The number of fused-ring (bicyclic) bond motifs is 1. The van der Waals surface area contributed by atoms with Gasteiger partial charge < -0.3 is 10.4 Å². The van der Waals surface area contributed by atoms with Crippen LogP contribution in [0.5, 0.6) is 5.75 Å². The van der Waals surface area contributed by atoms with Crippen molar-refractivity contribution < 1.29 is 9.90 Å². The molecule has 0 saturated carbocycles. The van der Waals surface area contributed by atoms with E-state index in [2.05, 4.69) is 5.32 Å². The highest BCUT2D eigenvalue weighted by Crippen LogP contribution is 2.32. The lowest BCUT2D eigenvalue weighted by Gasteiger charge is -2.13. The van der Waals surface area contributed by atoms with E-state index in [4.69, 9.17) is 0 Å². The van der Waals surface area contributed by atoms with Gasteiger partial charge in [0.25, 0.3) is 5.91 Å². The zero-order chi connectivity index (χ0) is 16.6. The van der Waals surface area contributed by atoms with Crippen molar-refractivity contribution in [3.8, 4) is 5.75 Å². The fourth-order valence-electron chi connectivity index (χ4n) is 2.74. The quantitative estimate of drug-likeness (QED) is 0.719. The molecular formula is C20H19NO2. The molecule has 3 nitrogen and oxygen atoms in total. The van der Waals surface area contributed by atoms with Gasteiger partial charge >= 0.3 is 0 Å². The van der Waals surface area contributed by atoms with Crippen LogP contribution in [0, 0.1) is 20.8 Å². The number of benzene rings is 3. The van der Waals surface area contributed by atoms with Crippen LogP contribution in [0.3, 0.4) is 0 Å². The summed E-state index contributed by atoms with van der Waals surface area (Å²) in [4.78, 5) is 12.4. The lowest BCUT2D eigenvalue weighted by atomic mass is 10.0. The molecule has 0 fully saturated rings. The third-order valence-electron chi connectivity index (χ3n) is 4.09. The smallest absolute Gasteiger partial charge is 0.255 e. The van der Waals surface area contributed by atoms with Crippen LogP contribution in [0.15, 0.2) is 48.5 Å². The van der Waals surface area contributed by atoms with E-state index in [1.54, 1.807) is 6.07 Å². The molecule has 2 N–H and O–H groups in total. The maximum absolute atomic E-state index is 12.4. The molecule has 0 aromatic heterocycles. The molecule has 0 saturated heterocycles. The van der Waals surface area contributed by atoms with Gasteiger partial charge in [-0.3, -0.25) is 4.79 Å². The summed E-state index contributed by atoms with van der Waals surface area (Å²) in [6.07, 6.45) is 0. The average molecular weight is 305 g/mol. The van der Waals surface area contributed by atoms with Crippen LogP contribution in [-0.2, 0) is 0 Å². The van der Waals surface area contributed by atoms with Crippen LogP contribution < -0.4 is 5.32 Å². The first-order valence-electron chi connectivity index (χ1n) is 7.56. The van der Waals surface area contributed by atoms with Crippen LogP contribution >= 0.6 is 0 Å². The van der Waals surface area contributed by atoms with Crippen molar-refractivity contribution in [2.75, 3.05) is 5.32 Å². The molecule has 0 aliphatic rings. The Morgan fingerprint density at radius 1 is 0.870 bits per heavy atom. The van der Waals surface area contributed by atoms with Gasteiger partial charge in [0.1, 0.15) is 5.75 Å². The predicted octanol–water partition coefficient (Wildman–Crippen LogP) is 4.72. The molecule has 0 spiro atoms. The van der Waals surface area contributed by atoms with Gasteiger partial charge in [-0.25, -0.2) is 0 Å². The third kappa shape index (κ3) is 2.90. The minimum Gasteiger partial charge on any atom is -0.507 e. The molecule has 1 amide bonds. The molecule has 3 heteroatoms. The van der Waals surface area contributed by atoms with Gasteiger partial charge in [-0.05, 0) is 67.6 Å². The Bertz CT molecular complexity index is 896. The standard InChI is InChI=1S/C20H19NO2/c1-12-4-6-15(7-5-12)20(23)21-18-9-8-16-17(14(18)3)10-13(2)11-19(16)22/h4-11,22H,1-3H3,(H,21,23). The largest absolute Gasteiger partial charge is 0.507 e. The van der Waals surface area contributed by atoms with Crippen LogP contribution in [0.1, 0.15) is 27.0 Å². The minimum atomic E-state index is -0.135. The van der Waals surface area contributed by atoms with Gasteiger partial charge in [0.05, 0.1) is 0 Å². The topological polar surface area (TPSA) is 49.3 Å². The SMILES string of the molecule is Cc1ccc(C(=O)Nc2ccc3c(O)cc(C)cc3c2C)cc1. The molecule has 0 atom stereocenters. The Morgan fingerprint density at radius 3 is 2.26 bits per heavy atom. The highest BCUT2D eigenvalue weighted by atomic mass is 16.3. The molecule has 0 heterocycles. The Hall–Kier alpha value is -2.81. The number of aromatic hydroxyl groups is 1. The minimum absolute atomic E-state index is 0.135. The number of hydrogen-bond donors (Lipinski definition) is 2. The highest BCUT2D eigenvalue weighted by Gasteiger charge is 2.11. The van der Waals surface area contributed by atoms with Crippen molar-refractivity contribution in [3.63, 3.8) is 0 Å². The lowest BCUT2D eigenvalue weighted by Crippen LogP contribution is -2.12. The van der Waals surface area contributed by atoms with E-state index >= 15 is 0 Å². The zero-order valence-electron chi connectivity index (χ0n) is 13.5. The lowest BCUT2D eigenvalue weighted by molar-refractivity contribution is 0.102. The van der Waals surface area contributed by atoms with Crippen LogP contribution in [0.4, 0.5) is 5.69 Å². The fraction of sp³-hybridized carbons (Fsp3) is 0.150. The van der Waals surface area contributed by atoms with Gasteiger partial charge in [0.15, 0.2) is 0 Å². The molecular weight excluding hydrogens is 286 g/mol. The second-order valence-electron chi connectivity index (χ2n) is 5.94. The van der Waals surface area contributed by atoms with Crippen LogP contribution in [0.2, 0.25) is 0 Å². The zero-order valence-corrected chi connectivity index (χ0v) is 13.5. The summed E-state index contributed by atoms with van der Waals surface area (Å²) in [5.74, 6) is 0.129. The first-order chi connectivity index (χ1) is 11.0. The molecule has 0 aliphatic carbocycles. The number of phenols is 1. The maximum Gasteiger partial charge on any atom is 0.255 e. The van der Waals surface area contributed by atoms with Gasteiger partial charge in [0, 0.05) is 16.6 Å². The Labute approximate surface area is 135 Å². The van der Waals surface area contributed by atoms with E-state index < -0.39 is 0 Å². The number of aryl methyl sites for hydroxylation is 3. The number of carbonyl (C=O) groups excluding carboxylic acids is 1. The number of amides is 1. The van der Waals surface area contributed by atoms with E-state index in [9.17, 15) is 9.90 Å². The number of nitrogens with one attached hydrogen (secondary N) is 1. The first-order valence-corrected chi connectivity index (χ1v) is 7.56. The van der Waals surface area contributed by atoms with E-state index in [-0.39, 0.29) is 11.7 Å². The van der Waals surface area contributed by atoms with Crippen molar-refractivity contribution in [2.24, 2.45) is 0 Å². The van der Waals surface area contributed by atoms with Gasteiger partial charge in [-0.15, -0.1) is 0 Å². The number of anilines is 1. The maximum atomic E-state index is 12.4. The first kappa shape index (κ1) is 15.1. The second kappa shape index (κ2) is 5.76. The molecule has 3 rings (SSSR count). The second-order valence-corrected chi connectivity index (χ2v) is 5.94. The molecule has 116 valence electrons. The Morgan fingerprint density at radius 2 is 1.57 bits per heavy atom. The van der Waals surface area contributed by atoms with Gasteiger partial charge in [-0.1, -0.05) is 23.8 Å². The normalized spacial score (nSPS) is 10.7. The molecule has 0 aliphatic heterocycles. The summed E-state index contributed by atoms with van der Waals surface area (Å²) in [5.41, 5.74) is 4.44. The van der Waals surface area contributed by atoms with E-state index in [0.29, 0.717) is 5.56 Å². The van der Waals surface area contributed by atoms with E-state index in [1.807, 2.05) is 63.2 Å². The van der Waals surface area contributed by atoms with Crippen molar-refractivity contribution in [1.29, 1.82) is 0 Å². The highest BCUT2D eigenvalue weighted by molar-refractivity contribution is 6.06. The summed E-state index contributed by atoms with van der Waals surface area (Å²) in [7, 11) is 0. The Balaban J connectivity index is 1.99. The summed E-state index contributed by atoms with van der Waals surface area (Å²) in [5, 5.41) is 14.8. The number of phenolic OH excluding ortho intramolecular Hbond substituents is 1. The predicted molar refractivity (Wildman–Crippen MR) is 94.2 cm³/mol. The number of hydrogen-bond acceptors (Lipinski definition) is 2. The summed E-state index contributed by atoms with van der Waals surface area (Å²) < 4.78 is 0. The van der Waals surface area contributed by atoms with Gasteiger partial charge in [-0.2, -0.15) is 0 Å². The van der Waals surface area contributed by atoms with E-state index in [1.165, 1.54) is 0 Å². The fourth-order valence-corrected chi connectivity index (χ4v) is 2.74. The molecule has 0 bridgehead atoms. The van der Waals surface area contributed by atoms with Crippen LogP contribution in [-0.4, -0.2) is 11.0 Å². The summed E-state index contributed by atoms with van der Waals surface area (Å²) in [6.45, 7) is 5.88.